The fraction of sp³-hybridized carbons (Fsp3) is 0.0769. The van der Waals surface area contributed by atoms with Gasteiger partial charge in [-0.3, -0.25) is 5.84 Å². The number of fused-ring (bicyclic) bond motifs is 1. The molecule has 0 radical (unpaired) electrons. The van der Waals surface area contributed by atoms with Crippen LogP contribution in [0.5, 0.6) is 0 Å². The molecule has 3 rings (SSSR count). The predicted molar refractivity (Wildman–Crippen MR) is 72.2 cm³/mol. The van der Waals surface area contributed by atoms with E-state index in [2.05, 4.69) is 10.5 Å². The quantitative estimate of drug-likeness (QED) is 0.413. The van der Waals surface area contributed by atoms with Gasteiger partial charge in [-0.05, 0) is 31.2 Å². The lowest BCUT2D eigenvalue weighted by atomic mass is 10.2. The number of anilines is 1. The minimum atomic E-state index is -0.440. The minimum absolute atomic E-state index is 0.383. The van der Waals surface area contributed by atoms with E-state index in [1.165, 1.54) is 4.68 Å². The molecule has 2 aromatic heterocycles. The van der Waals surface area contributed by atoms with Gasteiger partial charge in [-0.25, -0.2) is 9.48 Å². The predicted octanol–water partition coefficient (Wildman–Crippen LogP) is 1.57. The first-order chi connectivity index (χ1) is 9.17. The molecule has 0 spiro atoms. The highest BCUT2D eigenvalue weighted by Crippen LogP contribution is 2.19. The van der Waals surface area contributed by atoms with Gasteiger partial charge in [0.05, 0.1) is 11.4 Å². The van der Waals surface area contributed by atoms with Crippen molar-refractivity contribution in [2.24, 2.45) is 5.84 Å². The van der Waals surface area contributed by atoms with Crippen LogP contribution < -0.4 is 16.9 Å². The zero-order chi connectivity index (χ0) is 13.4. The monoisotopic (exact) mass is 256 g/mol. The molecule has 3 aromatic rings. The first-order valence-electron chi connectivity index (χ1n) is 5.74. The Kier molecular flexibility index (Phi) is 2.57. The van der Waals surface area contributed by atoms with E-state index in [1.807, 2.05) is 19.1 Å². The summed E-state index contributed by atoms with van der Waals surface area (Å²) in [6, 6.07) is 8.88. The van der Waals surface area contributed by atoms with Gasteiger partial charge in [-0.2, -0.15) is 5.10 Å². The van der Waals surface area contributed by atoms with Crippen LogP contribution in [0.15, 0.2) is 45.7 Å². The lowest BCUT2D eigenvalue weighted by Crippen LogP contribution is -2.11. The van der Waals surface area contributed by atoms with E-state index in [9.17, 15) is 4.79 Å². The molecule has 3 N–H and O–H groups in total. The van der Waals surface area contributed by atoms with Crippen molar-refractivity contribution in [1.29, 1.82) is 0 Å². The maximum atomic E-state index is 12.0. The van der Waals surface area contributed by atoms with E-state index in [-0.39, 0.29) is 0 Å². The van der Waals surface area contributed by atoms with Crippen LogP contribution in [-0.2, 0) is 0 Å². The topological polar surface area (TPSA) is 86.1 Å². The number of nitrogen functional groups attached to an aromatic ring is 1. The summed E-state index contributed by atoms with van der Waals surface area (Å²) in [6.07, 6.45) is 1.73. The number of hydrogen-bond donors (Lipinski definition) is 2. The number of nitrogens with two attached hydrogens (primary N) is 1. The average Bonchev–Trinajstić information content (AvgIpc) is 2.83. The zero-order valence-electron chi connectivity index (χ0n) is 10.3. The van der Waals surface area contributed by atoms with Crippen molar-refractivity contribution < 1.29 is 4.42 Å². The standard InChI is InChI=1S/C13H12N4O2/c1-8-4-5-17(16-8)11-6-9-2-3-10(15-14)7-12(9)19-13(11)18/h2-7,15H,14H2,1H3. The number of aryl methyl sites for hydroxylation is 1. The molecule has 0 aliphatic carbocycles. The Morgan fingerprint density at radius 1 is 1.32 bits per heavy atom. The summed E-state index contributed by atoms with van der Waals surface area (Å²) in [4.78, 5) is 12.0. The van der Waals surface area contributed by atoms with Gasteiger partial charge in [0.2, 0.25) is 0 Å². The number of nitrogens with one attached hydrogen (secondary N) is 1. The van der Waals surface area contributed by atoms with Crippen molar-refractivity contribution in [3.63, 3.8) is 0 Å². The number of hydrogen-bond acceptors (Lipinski definition) is 5. The smallest absolute Gasteiger partial charge is 0.362 e. The van der Waals surface area contributed by atoms with Gasteiger partial charge in [0.25, 0.3) is 0 Å². The molecule has 0 unspecified atom stereocenters. The number of benzene rings is 1. The van der Waals surface area contributed by atoms with E-state index in [0.717, 1.165) is 11.1 Å². The van der Waals surface area contributed by atoms with Crippen molar-refractivity contribution in [1.82, 2.24) is 9.78 Å². The zero-order valence-corrected chi connectivity index (χ0v) is 10.3. The Labute approximate surface area is 108 Å². The fourth-order valence-electron chi connectivity index (χ4n) is 1.90. The normalized spacial score (nSPS) is 10.8. The summed E-state index contributed by atoms with van der Waals surface area (Å²) in [5.41, 5.74) is 4.45. The van der Waals surface area contributed by atoms with Gasteiger partial charge in [-0.15, -0.1) is 0 Å². The molecular formula is C13H12N4O2. The van der Waals surface area contributed by atoms with Crippen molar-refractivity contribution in [2.45, 2.75) is 6.92 Å². The molecule has 0 bridgehead atoms. The Morgan fingerprint density at radius 3 is 2.84 bits per heavy atom. The molecule has 0 amide bonds. The summed E-state index contributed by atoms with van der Waals surface area (Å²) in [5.74, 6) is 5.32. The maximum absolute atomic E-state index is 12.0. The lowest BCUT2D eigenvalue weighted by molar-refractivity contribution is 0.552. The second-order valence-corrected chi connectivity index (χ2v) is 4.22. The van der Waals surface area contributed by atoms with Crippen LogP contribution >= 0.6 is 0 Å². The molecule has 6 nitrogen and oxygen atoms in total. The fourth-order valence-corrected chi connectivity index (χ4v) is 1.90. The number of aromatic nitrogens is 2. The number of rotatable bonds is 2. The number of nitrogens with zero attached hydrogens (tertiary/aromatic N) is 2. The molecule has 2 heterocycles. The highest BCUT2D eigenvalue weighted by atomic mass is 16.4. The van der Waals surface area contributed by atoms with Gasteiger partial charge < -0.3 is 9.84 Å². The van der Waals surface area contributed by atoms with E-state index < -0.39 is 5.63 Å². The first-order valence-corrected chi connectivity index (χ1v) is 5.74. The number of hydrazine groups is 1. The summed E-state index contributed by atoms with van der Waals surface area (Å²) in [5, 5.41) is 5.01. The third-order valence-corrected chi connectivity index (χ3v) is 2.85. The van der Waals surface area contributed by atoms with Gasteiger partial charge >= 0.3 is 5.63 Å². The van der Waals surface area contributed by atoms with E-state index in [0.29, 0.717) is 17.0 Å². The Morgan fingerprint density at radius 2 is 2.16 bits per heavy atom. The van der Waals surface area contributed by atoms with Crippen molar-refractivity contribution in [2.75, 3.05) is 5.43 Å². The second-order valence-electron chi connectivity index (χ2n) is 4.22. The Hall–Kier alpha value is -2.60. The molecular weight excluding hydrogens is 244 g/mol. The third-order valence-electron chi connectivity index (χ3n) is 2.85. The van der Waals surface area contributed by atoms with Crippen LogP contribution in [0, 0.1) is 6.92 Å². The summed E-state index contributed by atoms with van der Waals surface area (Å²) >= 11 is 0. The Balaban J connectivity index is 2.22. The molecule has 96 valence electrons. The Bertz CT molecular complexity index is 804. The van der Waals surface area contributed by atoms with Gasteiger partial charge in [0.15, 0.2) is 5.69 Å². The van der Waals surface area contributed by atoms with Crippen LogP contribution in [0.25, 0.3) is 16.7 Å². The molecule has 0 aliphatic heterocycles. The molecule has 0 fully saturated rings. The molecule has 1 aromatic carbocycles. The molecule has 0 saturated carbocycles. The maximum Gasteiger partial charge on any atom is 0.362 e. The van der Waals surface area contributed by atoms with Crippen LogP contribution in [-0.4, -0.2) is 9.78 Å². The first kappa shape index (κ1) is 11.5. The van der Waals surface area contributed by atoms with E-state index in [4.69, 9.17) is 10.3 Å². The van der Waals surface area contributed by atoms with Gasteiger partial charge in [0, 0.05) is 17.6 Å². The van der Waals surface area contributed by atoms with Gasteiger partial charge in [-0.1, -0.05) is 0 Å². The van der Waals surface area contributed by atoms with Crippen LogP contribution in [0.1, 0.15) is 5.69 Å². The molecule has 0 aliphatic rings. The largest absolute Gasteiger partial charge is 0.421 e. The highest BCUT2D eigenvalue weighted by Gasteiger charge is 2.08. The lowest BCUT2D eigenvalue weighted by Gasteiger charge is -2.04. The van der Waals surface area contributed by atoms with Crippen molar-refractivity contribution in [3.05, 3.63) is 52.6 Å². The molecule has 6 heteroatoms. The molecule has 0 saturated heterocycles. The highest BCUT2D eigenvalue weighted by molar-refractivity contribution is 5.81. The second kappa shape index (κ2) is 4.25. The average molecular weight is 256 g/mol. The summed E-state index contributed by atoms with van der Waals surface area (Å²) < 4.78 is 6.80. The van der Waals surface area contributed by atoms with Crippen molar-refractivity contribution >= 4 is 16.7 Å². The third kappa shape index (κ3) is 1.98. The van der Waals surface area contributed by atoms with E-state index >= 15 is 0 Å². The molecule has 19 heavy (non-hydrogen) atoms. The van der Waals surface area contributed by atoms with Crippen LogP contribution in [0.3, 0.4) is 0 Å². The summed E-state index contributed by atoms with van der Waals surface area (Å²) in [7, 11) is 0. The van der Waals surface area contributed by atoms with Crippen molar-refractivity contribution in [3.8, 4) is 5.69 Å². The van der Waals surface area contributed by atoms with Crippen LogP contribution in [0.2, 0.25) is 0 Å². The molecule has 0 atom stereocenters. The van der Waals surface area contributed by atoms with E-state index in [1.54, 1.807) is 24.4 Å². The SMILES string of the molecule is Cc1ccn(-c2cc3ccc(NN)cc3oc2=O)n1. The minimum Gasteiger partial charge on any atom is -0.421 e. The van der Waals surface area contributed by atoms with Gasteiger partial charge in [0.1, 0.15) is 5.58 Å². The summed E-state index contributed by atoms with van der Waals surface area (Å²) in [6.45, 7) is 1.86. The van der Waals surface area contributed by atoms with Crippen LogP contribution in [0.4, 0.5) is 5.69 Å².